The number of fused-ring (bicyclic) bond motifs is 1. The number of nitrogens with two attached hydrogens (primary N) is 1. The first kappa shape index (κ1) is 38.9. The van der Waals surface area contributed by atoms with Gasteiger partial charge in [0.1, 0.15) is 29.8 Å². The molecule has 0 radical (unpaired) electrons. The molecule has 0 fully saturated rings. The van der Waals surface area contributed by atoms with Gasteiger partial charge in [0, 0.05) is 23.6 Å². The van der Waals surface area contributed by atoms with Crippen molar-refractivity contribution in [3.05, 3.63) is 89.9 Å². The highest BCUT2D eigenvalue weighted by molar-refractivity contribution is 7.90. The van der Waals surface area contributed by atoms with Gasteiger partial charge in [-0.2, -0.15) is 22.0 Å². The second-order valence-electron chi connectivity index (χ2n) is 9.95. The van der Waals surface area contributed by atoms with Crippen LogP contribution in [0.5, 0.6) is 11.5 Å². The van der Waals surface area contributed by atoms with E-state index < -0.39 is 59.1 Å². The Balaban J connectivity index is 0.000000838. The molecule has 49 heavy (non-hydrogen) atoms. The summed E-state index contributed by atoms with van der Waals surface area (Å²) < 4.78 is 170. The van der Waals surface area contributed by atoms with Gasteiger partial charge < -0.3 is 24.7 Å². The van der Waals surface area contributed by atoms with Crippen LogP contribution >= 0.6 is 0 Å². The van der Waals surface area contributed by atoms with Gasteiger partial charge in [-0.1, -0.05) is 12.1 Å². The normalized spacial score (nSPS) is 12.5. The molecule has 8 nitrogen and oxygen atoms in total. The summed E-state index contributed by atoms with van der Waals surface area (Å²) in [7, 11) is -4.33. The van der Waals surface area contributed by atoms with Gasteiger partial charge in [-0.15, -0.1) is 13.2 Å². The third-order valence-corrected chi connectivity index (χ3v) is 8.00. The van der Waals surface area contributed by atoms with Crippen LogP contribution in [0.2, 0.25) is 0 Å². The van der Waals surface area contributed by atoms with Crippen LogP contribution in [0.25, 0.3) is 10.9 Å². The fraction of sp³-hybridized carbons (Fsp3) is 0.276. The summed E-state index contributed by atoms with van der Waals surface area (Å²) in [4.78, 5) is 8.44. The van der Waals surface area contributed by atoms with Gasteiger partial charge in [0.2, 0.25) is 0 Å². The molecule has 0 spiro atoms. The van der Waals surface area contributed by atoms with Crippen molar-refractivity contribution in [1.82, 2.24) is 3.97 Å². The van der Waals surface area contributed by atoms with Crippen molar-refractivity contribution in [3.8, 4) is 11.5 Å². The molecule has 0 saturated heterocycles. The molecule has 0 aliphatic heterocycles. The topological polar surface area (TPSA) is 114 Å². The quantitative estimate of drug-likeness (QED) is 0.165. The van der Waals surface area contributed by atoms with Crippen LogP contribution in [0, 0.1) is 5.82 Å². The Hall–Kier alpha value is -4.59. The van der Waals surface area contributed by atoms with Crippen LogP contribution < -0.4 is 19.9 Å². The molecule has 0 atom stereocenters. The highest BCUT2D eigenvalue weighted by Gasteiger charge is 2.41. The minimum atomic E-state index is -5.19. The van der Waals surface area contributed by atoms with Crippen molar-refractivity contribution in [2.24, 2.45) is 0 Å². The van der Waals surface area contributed by atoms with E-state index in [1.165, 1.54) is 36.5 Å². The second kappa shape index (κ2) is 15.3. The fourth-order valence-electron chi connectivity index (χ4n) is 4.10. The Morgan fingerprint density at radius 2 is 1.53 bits per heavy atom. The highest BCUT2D eigenvalue weighted by atomic mass is 32.2. The molecule has 2 N–H and O–H groups in total. The zero-order valence-electron chi connectivity index (χ0n) is 24.4. The van der Waals surface area contributed by atoms with Crippen LogP contribution in [-0.4, -0.2) is 56.4 Å². The Morgan fingerprint density at radius 3 is 2.10 bits per heavy atom. The van der Waals surface area contributed by atoms with Crippen molar-refractivity contribution >= 4 is 26.9 Å². The molecule has 0 unspecified atom stereocenters. The minimum absolute atomic E-state index is 0.00506. The standard InChI is InChI=1S/C27H22F8N2O4S.C2HF3O2/c28-19-4-9-23-18(10-11-36-14-17-2-1-3-21(12-17)40-16-26(31,32)25(29)30)15-37(24(23)13-19)42(38,39)22-7-5-20(6-8-22)41-27(33,34)35;3-2(4,5)1(6)7/h1-9,12-13,15,25,36H,10-11,14,16H2;(H,6,7). The number of nitrogens with zero attached hydrogens (tertiary/aromatic N) is 1. The van der Waals surface area contributed by atoms with Crippen molar-refractivity contribution in [1.29, 1.82) is 0 Å². The van der Waals surface area contributed by atoms with Crippen molar-refractivity contribution in [2.75, 3.05) is 13.2 Å². The number of hydrogen-bond donors (Lipinski definition) is 1. The minimum Gasteiger partial charge on any atom is -0.542 e. The molecular formula is C29H23F11N2O6S. The lowest BCUT2D eigenvalue weighted by molar-refractivity contribution is -0.670. The van der Waals surface area contributed by atoms with E-state index in [2.05, 4.69) is 4.74 Å². The number of benzene rings is 3. The number of hydrogen-bond acceptors (Lipinski definition) is 6. The molecule has 0 amide bonds. The number of aromatic nitrogens is 1. The molecule has 0 saturated carbocycles. The lowest BCUT2D eigenvalue weighted by Crippen LogP contribution is -2.83. The summed E-state index contributed by atoms with van der Waals surface area (Å²) in [6.07, 6.45) is -12.4. The third kappa shape index (κ3) is 11.0. The zero-order chi connectivity index (χ0) is 36.8. The van der Waals surface area contributed by atoms with E-state index in [1.807, 2.05) is 5.32 Å². The van der Waals surface area contributed by atoms with Gasteiger partial charge in [-0.3, -0.25) is 0 Å². The number of rotatable bonds is 12. The first-order valence-electron chi connectivity index (χ1n) is 13.5. The number of quaternary nitrogens is 1. The maximum absolute atomic E-state index is 14.1. The van der Waals surface area contributed by atoms with Crippen LogP contribution in [0.15, 0.2) is 77.8 Å². The number of halogens is 11. The maximum atomic E-state index is 14.1. The Morgan fingerprint density at radius 1 is 0.898 bits per heavy atom. The molecule has 1 heterocycles. The zero-order valence-corrected chi connectivity index (χ0v) is 25.2. The highest BCUT2D eigenvalue weighted by Crippen LogP contribution is 2.29. The van der Waals surface area contributed by atoms with Gasteiger partial charge in [-0.05, 0) is 60.2 Å². The number of carboxylic acid groups (broad SMARTS) is 1. The Labute approximate surface area is 269 Å². The first-order chi connectivity index (χ1) is 22.6. The molecule has 0 aliphatic carbocycles. The van der Waals surface area contributed by atoms with E-state index in [1.54, 1.807) is 6.07 Å². The summed E-state index contributed by atoms with van der Waals surface area (Å²) in [5, 5.41) is 11.1. The lowest BCUT2D eigenvalue weighted by Gasteiger charge is -2.16. The van der Waals surface area contributed by atoms with Crippen molar-refractivity contribution in [3.63, 3.8) is 0 Å². The number of ether oxygens (including phenoxy) is 2. The van der Waals surface area contributed by atoms with Gasteiger partial charge in [0.25, 0.3) is 10.0 Å². The van der Waals surface area contributed by atoms with Gasteiger partial charge in [-0.25, -0.2) is 25.6 Å². The maximum Gasteiger partial charge on any atom is 0.573 e. The molecule has 0 aliphatic rings. The van der Waals surface area contributed by atoms with E-state index in [0.29, 0.717) is 36.0 Å². The lowest BCUT2D eigenvalue weighted by atomic mass is 10.1. The summed E-state index contributed by atoms with van der Waals surface area (Å²) in [6.45, 7) is -0.716. The first-order valence-corrected chi connectivity index (χ1v) is 14.9. The number of alkyl halides is 10. The predicted octanol–water partition coefficient (Wildman–Crippen LogP) is 4.80. The average molecular weight is 737 g/mol. The van der Waals surface area contributed by atoms with E-state index in [0.717, 1.165) is 34.3 Å². The molecule has 1 aromatic heterocycles. The van der Waals surface area contributed by atoms with Gasteiger partial charge >= 0.3 is 24.9 Å². The van der Waals surface area contributed by atoms with Crippen LogP contribution in [0.4, 0.5) is 48.3 Å². The predicted molar refractivity (Wildman–Crippen MR) is 146 cm³/mol. The Kier molecular flexibility index (Phi) is 12.1. The van der Waals surface area contributed by atoms with Crippen LogP contribution in [0.3, 0.4) is 0 Å². The van der Waals surface area contributed by atoms with E-state index in [-0.39, 0.29) is 16.2 Å². The number of carbonyl (C=O) groups is 1. The molecule has 20 heteroatoms. The molecule has 4 aromatic rings. The third-order valence-electron chi connectivity index (χ3n) is 6.31. The number of carbonyl (C=O) groups excluding carboxylic acids is 1. The Bertz CT molecular complexity index is 1840. The summed E-state index contributed by atoms with van der Waals surface area (Å²) in [5.74, 6) is -8.60. The molecule has 268 valence electrons. The largest absolute Gasteiger partial charge is 0.573 e. The molecule has 3 aromatic carbocycles. The van der Waals surface area contributed by atoms with Crippen LogP contribution in [-0.2, 0) is 27.8 Å². The van der Waals surface area contributed by atoms with E-state index >= 15 is 0 Å². The molecular weight excluding hydrogens is 713 g/mol. The fourth-order valence-corrected chi connectivity index (χ4v) is 5.48. The van der Waals surface area contributed by atoms with Crippen LogP contribution in [0.1, 0.15) is 11.1 Å². The van der Waals surface area contributed by atoms with Gasteiger partial charge in [0.15, 0.2) is 6.61 Å². The van der Waals surface area contributed by atoms with Crippen molar-refractivity contribution in [2.45, 2.75) is 42.7 Å². The van der Waals surface area contributed by atoms with E-state index in [9.17, 15) is 56.7 Å². The summed E-state index contributed by atoms with van der Waals surface area (Å²) in [6, 6.07) is 13.2. The second-order valence-corrected chi connectivity index (χ2v) is 11.8. The summed E-state index contributed by atoms with van der Waals surface area (Å²) in [5.41, 5.74) is 1.23. The summed E-state index contributed by atoms with van der Waals surface area (Å²) >= 11 is 0. The average Bonchev–Trinajstić information content (AvgIpc) is 3.36. The smallest absolute Gasteiger partial charge is 0.542 e. The molecule has 4 rings (SSSR count). The van der Waals surface area contributed by atoms with Gasteiger partial charge in [0.05, 0.1) is 17.0 Å². The number of aliphatic carboxylic acids is 1. The monoisotopic (exact) mass is 736 g/mol. The molecule has 0 bridgehead atoms. The SMILES string of the molecule is O=C([O-])C(F)(F)F.O=S(=O)(c1ccc(OC(F)(F)F)cc1)n1cc(CC[NH2+]Cc2cccc(OCC(F)(F)C(F)F)c2)c2ccc(F)cc21. The van der Waals surface area contributed by atoms with Crippen molar-refractivity contribution < 1.29 is 81.4 Å². The number of carboxylic acids is 1. The van der Waals surface area contributed by atoms with E-state index in [4.69, 9.17) is 14.6 Å².